The zero-order valence-corrected chi connectivity index (χ0v) is 21.7. The maximum absolute atomic E-state index is 12.8. The summed E-state index contributed by atoms with van der Waals surface area (Å²) in [5.74, 6) is -0.863. The number of nitrogens with zero attached hydrogens (tertiary/aromatic N) is 2. The maximum Gasteiger partial charge on any atom is 0.323 e. The minimum atomic E-state index is -4.02. The van der Waals surface area contributed by atoms with Crippen molar-refractivity contribution in [3.05, 3.63) is 53.7 Å². The molecule has 0 radical (unpaired) electrons. The summed E-state index contributed by atoms with van der Waals surface area (Å²) in [5, 5.41) is 15.5. The molecule has 2 atom stereocenters. The lowest BCUT2D eigenvalue weighted by Gasteiger charge is -2.32. The fourth-order valence-corrected chi connectivity index (χ4v) is 6.06. The number of amides is 1. The zero-order valence-electron chi connectivity index (χ0n) is 20.9. The summed E-state index contributed by atoms with van der Waals surface area (Å²) in [5.41, 5.74) is 2.34. The molecule has 2 aliphatic heterocycles. The van der Waals surface area contributed by atoms with Crippen molar-refractivity contribution in [3.8, 4) is 0 Å². The third kappa shape index (κ3) is 7.50. The van der Waals surface area contributed by atoms with Crippen LogP contribution in [0.4, 0.5) is 5.82 Å². The van der Waals surface area contributed by atoms with E-state index in [9.17, 15) is 23.1 Å². The fraction of sp³-hybridized carbons (Fsp3) is 0.500. The Bertz CT molecular complexity index is 1190. The molecule has 11 heteroatoms. The van der Waals surface area contributed by atoms with Crippen LogP contribution >= 0.6 is 0 Å². The van der Waals surface area contributed by atoms with Crippen LogP contribution in [0.3, 0.4) is 0 Å². The Labute approximate surface area is 217 Å². The van der Waals surface area contributed by atoms with Gasteiger partial charge in [0.25, 0.3) is 0 Å². The summed E-state index contributed by atoms with van der Waals surface area (Å²) >= 11 is 0. The quantitative estimate of drug-likeness (QED) is 0.344. The predicted molar refractivity (Wildman–Crippen MR) is 140 cm³/mol. The molecule has 1 saturated heterocycles. The first-order chi connectivity index (χ1) is 17.8. The van der Waals surface area contributed by atoms with Crippen LogP contribution < -0.4 is 15.4 Å². The predicted octanol–water partition coefficient (Wildman–Crippen LogP) is 1.63. The van der Waals surface area contributed by atoms with Gasteiger partial charge in [-0.1, -0.05) is 24.3 Å². The number of hydrogen-bond acceptors (Lipinski definition) is 7. The van der Waals surface area contributed by atoms with Crippen molar-refractivity contribution in [1.82, 2.24) is 19.9 Å². The topological polar surface area (TPSA) is 141 Å². The van der Waals surface area contributed by atoms with Crippen LogP contribution in [0.5, 0.6) is 0 Å². The number of likely N-dealkylation sites (tertiary alicyclic amines) is 1. The lowest BCUT2D eigenvalue weighted by atomic mass is 9.96. The molecule has 1 fully saturated rings. The number of carbonyl (C=O) groups excluding carboxylic acids is 1. The zero-order chi connectivity index (χ0) is 26.3. The number of aliphatic carboxylic acids is 1. The van der Waals surface area contributed by atoms with E-state index in [1.807, 2.05) is 0 Å². The number of carboxylic acids is 1. The van der Waals surface area contributed by atoms with Gasteiger partial charge >= 0.3 is 5.97 Å². The van der Waals surface area contributed by atoms with E-state index in [-0.39, 0.29) is 23.3 Å². The average Bonchev–Trinajstić information content (AvgIpc) is 2.91. The van der Waals surface area contributed by atoms with Crippen molar-refractivity contribution in [1.29, 1.82) is 0 Å². The third-order valence-electron chi connectivity index (χ3n) is 6.86. The SMILES string of the molecule is O=C(O)C(CNC(=O)[C@@H]1CCCN(CCCc2ccc3c(n2)NCCC3)C1)NS(=O)(=O)c1ccccc1. The van der Waals surface area contributed by atoms with E-state index in [1.54, 1.807) is 18.2 Å². The van der Waals surface area contributed by atoms with E-state index in [1.165, 1.54) is 17.7 Å². The number of piperidine rings is 1. The van der Waals surface area contributed by atoms with E-state index >= 15 is 0 Å². The fourth-order valence-electron chi connectivity index (χ4n) is 4.85. The molecule has 4 N–H and O–H groups in total. The molecular formula is C26H35N5O5S. The molecule has 0 bridgehead atoms. The largest absolute Gasteiger partial charge is 0.480 e. The standard InChI is InChI=1S/C26H35N5O5S/c32-25(28-17-23(26(33)34)30-37(35,36)22-10-2-1-3-11-22)20-8-5-15-31(18-20)16-6-9-21-13-12-19-7-4-14-27-24(19)29-21/h1-3,10-13,20,23,30H,4-9,14-18H2,(H,27,29)(H,28,32)(H,33,34)/t20-,23?/m1/s1. The van der Waals surface area contributed by atoms with Crippen LogP contribution in [0.15, 0.2) is 47.4 Å². The normalized spacial score (nSPS) is 18.9. The van der Waals surface area contributed by atoms with Crippen LogP contribution in [0, 0.1) is 5.92 Å². The summed E-state index contributed by atoms with van der Waals surface area (Å²) < 4.78 is 27.2. The number of hydrogen-bond donors (Lipinski definition) is 4. The Balaban J connectivity index is 1.24. The first-order valence-electron chi connectivity index (χ1n) is 12.8. The van der Waals surface area contributed by atoms with Gasteiger partial charge in [0.1, 0.15) is 11.9 Å². The molecule has 10 nitrogen and oxygen atoms in total. The Morgan fingerprint density at radius 2 is 1.97 bits per heavy atom. The number of carboxylic acid groups (broad SMARTS) is 1. The number of fused-ring (bicyclic) bond motifs is 1. The van der Waals surface area contributed by atoms with Crippen LogP contribution in [-0.4, -0.2) is 74.1 Å². The minimum Gasteiger partial charge on any atom is -0.480 e. The average molecular weight is 530 g/mol. The van der Waals surface area contributed by atoms with Gasteiger partial charge in [0.2, 0.25) is 15.9 Å². The molecule has 2 aliphatic rings. The van der Waals surface area contributed by atoms with Gasteiger partial charge in [-0.3, -0.25) is 9.59 Å². The Hall–Kier alpha value is -3.02. The van der Waals surface area contributed by atoms with Crippen molar-refractivity contribution in [2.24, 2.45) is 5.92 Å². The summed E-state index contributed by atoms with van der Waals surface area (Å²) in [4.78, 5) is 31.5. The molecule has 1 amide bonds. The summed E-state index contributed by atoms with van der Waals surface area (Å²) in [6.45, 7) is 3.00. The van der Waals surface area contributed by atoms with Gasteiger partial charge in [0.15, 0.2) is 0 Å². The Morgan fingerprint density at radius 3 is 2.76 bits per heavy atom. The van der Waals surface area contributed by atoms with E-state index in [2.05, 4.69) is 32.4 Å². The van der Waals surface area contributed by atoms with Crippen LogP contribution in [0.1, 0.15) is 36.9 Å². The smallest absolute Gasteiger partial charge is 0.323 e. The molecule has 1 aromatic carbocycles. The summed E-state index contributed by atoms with van der Waals surface area (Å²) in [6, 6.07) is 10.3. The third-order valence-corrected chi connectivity index (χ3v) is 8.35. The highest BCUT2D eigenvalue weighted by molar-refractivity contribution is 7.89. The van der Waals surface area contributed by atoms with Gasteiger partial charge in [-0.2, -0.15) is 4.72 Å². The monoisotopic (exact) mass is 529 g/mol. The highest BCUT2D eigenvalue weighted by atomic mass is 32.2. The number of anilines is 1. The number of benzene rings is 1. The van der Waals surface area contributed by atoms with Gasteiger partial charge in [-0.15, -0.1) is 0 Å². The molecule has 0 aliphatic carbocycles. The molecule has 200 valence electrons. The molecule has 37 heavy (non-hydrogen) atoms. The lowest BCUT2D eigenvalue weighted by molar-refractivity contribution is -0.139. The molecule has 4 rings (SSSR count). The van der Waals surface area contributed by atoms with E-state index < -0.39 is 22.0 Å². The van der Waals surface area contributed by atoms with Gasteiger partial charge in [0.05, 0.1) is 10.8 Å². The van der Waals surface area contributed by atoms with Crippen molar-refractivity contribution in [2.75, 3.05) is 38.0 Å². The van der Waals surface area contributed by atoms with Gasteiger partial charge in [0, 0.05) is 25.3 Å². The van der Waals surface area contributed by atoms with Gasteiger partial charge in [-0.05, 0) is 75.4 Å². The maximum atomic E-state index is 12.8. The van der Waals surface area contributed by atoms with Gasteiger partial charge in [-0.25, -0.2) is 13.4 Å². The number of sulfonamides is 1. The van der Waals surface area contributed by atoms with Crippen LogP contribution in [0.25, 0.3) is 0 Å². The van der Waals surface area contributed by atoms with E-state index in [4.69, 9.17) is 4.98 Å². The lowest BCUT2D eigenvalue weighted by Crippen LogP contribution is -2.50. The first kappa shape index (κ1) is 27.0. The number of pyridine rings is 1. The Morgan fingerprint density at radius 1 is 1.16 bits per heavy atom. The number of carbonyl (C=O) groups is 2. The van der Waals surface area contributed by atoms with Crippen molar-refractivity contribution < 1.29 is 23.1 Å². The number of aromatic nitrogens is 1. The highest BCUT2D eigenvalue weighted by Gasteiger charge is 2.29. The van der Waals surface area contributed by atoms with E-state index in [0.717, 1.165) is 63.3 Å². The van der Waals surface area contributed by atoms with Crippen molar-refractivity contribution in [3.63, 3.8) is 0 Å². The minimum absolute atomic E-state index is 0.0302. The number of aryl methyl sites for hydroxylation is 2. The van der Waals surface area contributed by atoms with Gasteiger partial charge < -0.3 is 20.6 Å². The second-order valence-electron chi connectivity index (χ2n) is 9.65. The highest BCUT2D eigenvalue weighted by Crippen LogP contribution is 2.21. The van der Waals surface area contributed by atoms with Crippen LogP contribution in [0.2, 0.25) is 0 Å². The molecule has 1 aromatic heterocycles. The van der Waals surface area contributed by atoms with Crippen molar-refractivity contribution in [2.45, 2.75) is 49.5 Å². The molecule has 0 saturated carbocycles. The first-order valence-corrected chi connectivity index (χ1v) is 14.3. The Kier molecular flexibility index (Phi) is 9.12. The summed E-state index contributed by atoms with van der Waals surface area (Å²) in [6.07, 6.45) is 5.60. The molecule has 1 unspecified atom stereocenters. The van der Waals surface area contributed by atoms with E-state index in [0.29, 0.717) is 13.0 Å². The second kappa shape index (κ2) is 12.5. The molecule has 2 aromatic rings. The number of rotatable bonds is 11. The molecular weight excluding hydrogens is 494 g/mol. The molecule has 3 heterocycles. The second-order valence-corrected chi connectivity index (χ2v) is 11.4. The van der Waals surface area contributed by atoms with Crippen molar-refractivity contribution >= 4 is 27.7 Å². The van der Waals surface area contributed by atoms with Crippen LogP contribution in [-0.2, 0) is 32.5 Å². The molecule has 0 spiro atoms. The summed E-state index contributed by atoms with van der Waals surface area (Å²) in [7, 11) is -4.02. The number of nitrogens with one attached hydrogen (secondary N) is 3.